The summed E-state index contributed by atoms with van der Waals surface area (Å²) in [4.78, 5) is 0. The molecule has 0 unspecified atom stereocenters. The van der Waals surface area contributed by atoms with Crippen LogP contribution in [0.15, 0.2) is 54.6 Å². The molecule has 4 rings (SSSR count). The summed E-state index contributed by atoms with van der Waals surface area (Å²) in [7, 11) is 0. The maximum Gasteiger partial charge on any atom is 0.131 e. The zero-order valence-electron chi connectivity index (χ0n) is 40.5. The van der Waals surface area contributed by atoms with Gasteiger partial charge in [0.15, 0.2) is 0 Å². The third kappa shape index (κ3) is 12.2. The second-order valence-corrected chi connectivity index (χ2v) is 23.5. The second-order valence-electron chi connectivity index (χ2n) is 23.5. The third-order valence-corrected chi connectivity index (χ3v) is 10.6. The van der Waals surface area contributed by atoms with Crippen molar-refractivity contribution >= 4 is 0 Å². The van der Waals surface area contributed by atoms with E-state index in [1.807, 2.05) is 48.5 Å². The highest BCUT2D eigenvalue weighted by molar-refractivity contribution is 5.56. The summed E-state index contributed by atoms with van der Waals surface area (Å²) in [5, 5.41) is 41.5. The maximum absolute atomic E-state index is 10.9. The van der Waals surface area contributed by atoms with Gasteiger partial charge in [0.25, 0.3) is 0 Å². The highest BCUT2D eigenvalue weighted by atomic mass is 16.5. The molecular weight excluding hydrogens is 733 g/mol. The maximum atomic E-state index is 10.9. The lowest BCUT2D eigenvalue weighted by atomic mass is 9.78. The fourth-order valence-corrected chi connectivity index (χ4v) is 7.10. The fraction of sp³-hybridized carbons (Fsp3) is 0.547. The Hall–Kier alpha value is -4.16. The molecule has 4 aromatic rings. The molecule has 0 aliphatic carbocycles. The molecule has 6 nitrogen and oxygen atoms in total. The number of rotatable bonds is 5. The molecule has 0 amide bonds. The van der Waals surface area contributed by atoms with Gasteiger partial charge in [-0.05, 0) is 109 Å². The first-order valence-electron chi connectivity index (χ1n) is 21.1. The molecule has 0 aromatic heterocycles. The van der Waals surface area contributed by atoms with Gasteiger partial charge < -0.3 is 29.9 Å². The first-order chi connectivity index (χ1) is 26.4. The Labute approximate surface area is 358 Å². The molecule has 0 aliphatic rings. The molecule has 4 N–H and O–H groups in total. The van der Waals surface area contributed by atoms with Crippen molar-refractivity contribution in [2.45, 2.75) is 190 Å². The average Bonchev–Trinajstić information content (AvgIpc) is 3.03. The van der Waals surface area contributed by atoms with Crippen molar-refractivity contribution in [3.8, 4) is 40.2 Å². The van der Waals surface area contributed by atoms with E-state index in [4.69, 9.17) is 9.47 Å². The van der Waals surface area contributed by atoms with E-state index in [1.165, 1.54) is 0 Å². The minimum absolute atomic E-state index is 0.00639. The van der Waals surface area contributed by atoms with Gasteiger partial charge in [0, 0.05) is 27.8 Å². The van der Waals surface area contributed by atoms with Crippen LogP contribution in [-0.2, 0) is 44.5 Å². The molecule has 0 saturated carbocycles. The smallest absolute Gasteiger partial charge is 0.131 e. The summed E-state index contributed by atoms with van der Waals surface area (Å²) >= 11 is 0. The molecule has 6 heteroatoms. The quantitative estimate of drug-likeness (QED) is 0.160. The second kappa shape index (κ2) is 16.7. The van der Waals surface area contributed by atoms with E-state index in [0.717, 1.165) is 61.8 Å². The van der Waals surface area contributed by atoms with Gasteiger partial charge in [-0.1, -0.05) is 145 Å². The fourth-order valence-electron chi connectivity index (χ4n) is 7.10. The Balaban J connectivity index is 0.000000456. The van der Waals surface area contributed by atoms with Gasteiger partial charge >= 0.3 is 0 Å². The monoisotopic (exact) mass is 811 g/mol. The number of phenols is 3. The number of hydrogen-bond donors (Lipinski definition) is 4. The normalized spacial score (nSPS) is 13.2. The van der Waals surface area contributed by atoms with E-state index in [0.29, 0.717) is 11.5 Å². The van der Waals surface area contributed by atoms with Crippen LogP contribution in [-0.4, -0.2) is 20.4 Å². The van der Waals surface area contributed by atoms with E-state index in [2.05, 4.69) is 151 Å². The van der Waals surface area contributed by atoms with Gasteiger partial charge in [-0.15, -0.1) is 0 Å². The van der Waals surface area contributed by atoms with Crippen molar-refractivity contribution < 1.29 is 29.9 Å². The van der Waals surface area contributed by atoms with Crippen molar-refractivity contribution in [2.24, 2.45) is 0 Å². The van der Waals surface area contributed by atoms with E-state index < -0.39 is 0 Å². The van der Waals surface area contributed by atoms with Gasteiger partial charge in [0.05, 0.1) is 6.61 Å². The van der Waals surface area contributed by atoms with Crippen LogP contribution in [0.25, 0.3) is 0 Å². The molecule has 0 bridgehead atoms. The number of aliphatic hydroxyl groups excluding tert-OH is 1. The SMILES string of the molecule is CC(C)(C)c1cc(CO)cc(C(C)(C)C)c1O.CC(C)(C)c1cc(Oc2ccc(Oc3cc(C(C)(C)C)c(O)cc3C(C)(C)C)c(C(C)(C)C)c2)c(C(C)(C)C)cc1O. The van der Waals surface area contributed by atoms with Crippen molar-refractivity contribution in [2.75, 3.05) is 0 Å². The zero-order valence-corrected chi connectivity index (χ0v) is 40.5. The van der Waals surface area contributed by atoms with E-state index >= 15 is 0 Å². The minimum atomic E-state index is -0.246. The van der Waals surface area contributed by atoms with Gasteiger partial charge in [0.1, 0.15) is 40.2 Å². The van der Waals surface area contributed by atoms with Gasteiger partial charge in [0.2, 0.25) is 0 Å². The summed E-state index contributed by atoms with van der Waals surface area (Å²) in [5.41, 5.74) is 5.80. The Morgan fingerprint density at radius 2 is 0.678 bits per heavy atom. The summed E-state index contributed by atoms with van der Waals surface area (Å²) < 4.78 is 13.4. The topological polar surface area (TPSA) is 99.4 Å². The van der Waals surface area contributed by atoms with Crippen LogP contribution in [0.3, 0.4) is 0 Å². The highest BCUT2D eigenvalue weighted by Crippen LogP contribution is 2.47. The lowest BCUT2D eigenvalue weighted by Crippen LogP contribution is -2.18. The first kappa shape index (κ1) is 49.2. The molecule has 0 heterocycles. The van der Waals surface area contributed by atoms with E-state index in [1.54, 1.807) is 0 Å². The number of aliphatic hydroxyl groups is 1. The molecule has 0 spiro atoms. The summed E-state index contributed by atoms with van der Waals surface area (Å²) in [6.07, 6.45) is 0. The van der Waals surface area contributed by atoms with Crippen molar-refractivity contribution in [1.29, 1.82) is 0 Å². The largest absolute Gasteiger partial charge is 0.508 e. The highest BCUT2D eigenvalue weighted by Gasteiger charge is 2.30. The average molecular weight is 811 g/mol. The molecule has 59 heavy (non-hydrogen) atoms. The number of ether oxygens (including phenoxy) is 2. The molecule has 326 valence electrons. The van der Waals surface area contributed by atoms with Crippen LogP contribution in [0.1, 0.15) is 190 Å². The first-order valence-corrected chi connectivity index (χ1v) is 21.1. The third-order valence-electron chi connectivity index (χ3n) is 10.6. The standard InChI is InChI=1S/C38H54O4.C15H24O2/c1-34(2,3)24-21-32(27(19-29(24)39)37(10,11)12)41-23-16-17-31(26(18-23)36(7,8)9)42-33-22-25(35(4,5)6)30(40)20-28(33)38(13,14)15;1-14(2,3)11-7-10(9-16)8-12(13(11)17)15(4,5)6/h16-22,39-40H,1-15H3;7-8,16-17H,9H2,1-6H3. The van der Waals surface area contributed by atoms with Gasteiger partial charge in [-0.2, -0.15) is 0 Å². The van der Waals surface area contributed by atoms with Gasteiger partial charge in [-0.3, -0.25) is 0 Å². The molecule has 0 atom stereocenters. The van der Waals surface area contributed by atoms with Crippen LogP contribution in [0.4, 0.5) is 0 Å². The van der Waals surface area contributed by atoms with Crippen LogP contribution in [0.5, 0.6) is 40.2 Å². The lowest BCUT2D eigenvalue weighted by Gasteiger charge is -2.30. The number of aromatic hydroxyl groups is 3. The minimum Gasteiger partial charge on any atom is -0.508 e. The Morgan fingerprint density at radius 3 is 1.00 bits per heavy atom. The van der Waals surface area contributed by atoms with Gasteiger partial charge in [-0.25, -0.2) is 0 Å². The Bertz CT molecular complexity index is 2070. The molecule has 0 saturated heterocycles. The van der Waals surface area contributed by atoms with Crippen LogP contribution in [0.2, 0.25) is 0 Å². The number of benzene rings is 4. The van der Waals surface area contributed by atoms with Crippen molar-refractivity contribution in [1.82, 2.24) is 0 Å². The zero-order chi connectivity index (χ0) is 45.6. The van der Waals surface area contributed by atoms with E-state index in [9.17, 15) is 20.4 Å². The van der Waals surface area contributed by atoms with Crippen molar-refractivity contribution in [3.63, 3.8) is 0 Å². The summed E-state index contributed by atoms with van der Waals surface area (Å²) in [6.45, 7) is 44.2. The molecular formula is C53H78O6. The Morgan fingerprint density at radius 1 is 0.356 bits per heavy atom. The summed E-state index contributed by atoms with van der Waals surface area (Å²) in [6, 6.07) is 17.5. The summed E-state index contributed by atoms with van der Waals surface area (Å²) in [5.74, 6) is 3.88. The van der Waals surface area contributed by atoms with Crippen LogP contribution in [0, 0.1) is 0 Å². The van der Waals surface area contributed by atoms with Crippen molar-refractivity contribution in [3.05, 3.63) is 99.1 Å². The molecule has 0 fully saturated rings. The Kier molecular flexibility index (Phi) is 13.9. The lowest BCUT2D eigenvalue weighted by molar-refractivity contribution is 0.281. The van der Waals surface area contributed by atoms with Crippen LogP contribution >= 0.6 is 0 Å². The molecule has 0 aliphatic heterocycles. The molecule has 0 radical (unpaired) electrons. The molecule has 4 aromatic carbocycles. The van der Waals surface area contributed by atoms with E-state index in [-0.39, 0.29) is 56.0 Å². The number of hydrogen-bond acceptors (Lipinski definition) is 6. The predicted octanol–water partition coefficient (Wildman–Crippen LogP) is 14.6. The predicted molar refractivity (Wildman–Crippen MR) is 248 cm³/mol. The number of phenolic OH excluding ortho intramolecular Hbond substituents is 3. The van der Waals surface area contributed by atoms with Crippen LogP contribution < -0.4 is 9.47 Å².